The quantitative estimate of drug-likeness (QED) is 0.794. The molecule has 5 nitrogen and oxygen atoms in total. The highest BCUT2D eigenvalue weighted by atomic mass is 32.1. The highest BCUT2D eigenvalue weighted by Gasteiger charge is 2.24. The molecule has 2 heterocycles. The van der Waals surface area contributed by atoms with Gasteiger partial charge in [-0.1, -0.05) is 6.07 Å². The van der Waals surface area contributed by atoms with Gasteiger partial charge in [0, 0.05) is 32.7 Å². The number of piperazine rings is 1. The maximum atomic E-state index is 12.3. The largest absolute Gasteiger partial charge is 0.484 e. The molecule has 0 radical (unpaired) electrons. The second-order valence-electron chi connectivity index (χ2n) is 7.33. The molecule has 1 atom stereocenters. The van der Waals surface area contributed by atoms with Gasteiger partial charge in [0.2, 0.25) is 0 Å². The van der Waals surface area contributed by atoms with Gasteiger partial charge in [-0.15, -0.1) is 0 Å². The number of carbonyl (C=O) groups is 1. The smallest absolute Gasteiger partial charge is 0.258 e. The first-order valence-electron chi connectivity index (χ1n) is 9.44. The maximum absolute atomic E-state index is 12.3. The van der Waals surface area contributed by atoms with Crippen molar-refractivity contribution in [1.82, 2.24) is 15.1 Å². The van der Waals surface area contributed by atoms with Gasteiger partial charge in [-0.3, -0.25) is 9.69 Å². The summed E-state index contributed by atoms with van der Waals surface area (Å²) in [5.74, 6) is 0.666. The van der Waals surface area contributed by atoms with Crippen molar-refractivity contribution in [2.75, 3.05) is 46.4 Å². The minimum absolute atomic E-state index is 0.0436. The van der Waals surface area contributed by atoms with Gasteiger partial charge < -0.3 is 15.0 Å². The zero-order valence-electron chi connectivity index (χ0n) is 16.4. The summed E-state index contributed by atoms with van der Waals surface area (Å²) >= 11 is 1.70. The molecule has 1 N–H and O–H groups in total. The average Bonchev–Trinajstić information content (AvgIpc) is 3.15. The number of thiophene rings is 1. The van der Waals surface area contributed by atoms with Gasteiger partial charge in [0.1, 0.15) is 5.75 Å². The summed E-state index contributed by atoms with van der Waals surface area (Å²) in [6, 6.07) is 8.38. The summed E-state index contributed by atoms with van der Waals surface area (Å²) in [6.07, 6.45) is 0. The van der Waals surface area contributed by atoms with Crippen molar-refractivity contribution in [2.24, 2.45) is 0 Å². The van der Waals surface area contributed by atoms with E-state index in [1.165, 1.54) is 5.56 Å². The predicted molar refractivity (Wildman–Crippen MR) is 111 cm³/mol. The Morgan fingerprint density at radius 1 is 1.19 bits per heavy atom. The van der Waals surface area contributed by atoms with Crippen LogP contribution in [-0.4, -0.2) is 62.1 Å². The predicted octanol–water partition coefficient (Wildman–Crippen LogP) is 2.85. The third-order valence-corrected chi connectivity index (χ3v) is 5.67. The van der Waals surface area contributed by atoms with Gasteiger partial charge >= 0.3 is 0 Å². The topological polar surface area (TPSA) is 44.8 Å². The fourth-order valence-electron chi connectivity index (χ4n) is 3.48. The molecule has 6 heteroatoms. The Bertz CT molecular complexity index is 720. The molecule has 1 aromatic carbocycles. The van der Waals surface area contributed by atoms with Crippen molar-refractivity contribution in [2.45, 2.75) is 19.9 Å². The number of amides is 1. The zero-order chi connectivity index (χ0) is 19.2. The Labute approximate surface area is 165 Å². The molecule has 1 fully saturated rings. The lowest BCUT2D eigenvalue weighted by atomic mass is 10.1. The van der Waals surface area contributed by atoms with Crippen LogP contribution in [-0.2, 0) is 4.79 Å². The Hall–Kier alpha value is -1.89. The monoisotopic (exact) mass is 387 g/mol. The van der Waals surface area contributed by atoms with E-state index in [9.17, 15) is 4.79 Å². The highest BCUT2D eigenvalue weighted by Crippen LogP contribution is 2.23. The molecule has 1 amide bonds. The number of nitrogens with zero attached hydrogens (tertiary/aromatic N) is 2. The van der Waals surface area contributed by atoms with Crippen molar-refractivity contribution < 1.29 is 9.53 Å². The molecule has 0 spiro atoms. The van der Waals surface area contributed by atoms with Crippen LogP contribution in [0.25, 0.3) is 0 Å². The molecule has 1 unspecified atom stereocenters. The summed E-state index contributed by atoms with van der Waals surface area (Å²) in [4.78, 5) is 17.1. The van der Waals surface area contributed by atoms with E-state index in [-0.39, 0.29) is 18.6 Å². The molecule has 0 aliphatic carbocycles. The van der Waals surface area contributed by atoms with Crippen LogP contribution in [0.1, 0.15) is 22.7 Å². The van der Waals surface area contributed by atoms with E-state index in [2.05, 4.69) is 45.1 Å². The molecule has 1 aliphatic rings. The number of benzene rings is 1. The second-order valence-corrected chi connectivity index (χ2v) is 8.11. The molecule has 2 aromatic rings. The van der Waals surface area contributed by atoms with Crippen LogP contribution in [0.5, 0.6) is 5.75 Å². The van der Waals surface area contributed by atoms with Gasteiger partial charge in [-0.25, -0.2) is 0 Å². The number of ether oxygens (including phenoxy) is 1. The first-order valence-corrected chi connectivity index (χ1v) is 10.4. The average molecular weight is 388 g/mol. The summed E-state index contributed by atoms with van der Waals surface area (Å²) in [7, 11) is 2.16. The number of hydrogen-bond acceptors (Lipinski definition) is 5. The Morgan fingerprint density at radius 3 is 2.52 bits per heavy atom. The van der Waals surface area contributed by atoms with Crippen LogP contribution < -0.4 is 10.1 Å². The number of rotatable bonds is 7. The molecule has 146 valence electrons. The van der Waals surface area contributed by atoms with E-state index in [1.54, 1.807) is 11.3 Å². The standard InChI is InChI=1S/C21H29N3O2S/c1-16-10-17(2)12-19(11-16)26-14-21(25)22-13-20(18-4-9-27-15-18)24-7-5-23(3)6-8-24/h4,9-12,15,20H,5-8,13-14H2,1-3H3,(H,22,25). The fraction of sp³-hybridized carbons (Fsp3) is 0.476. The third-order valence-electron chi connectivity index (χ3n) is 4.96. The fourth-order valence-corrected chi connectivity index (χ4v) is 4.19. The Balaban J connectivity index is 1.54. The molecule has 1 aromatic heterocycles. The normalized spacial score (nSPS) is 16.9. The van der Waals surface area contributed by atoms with E-state index in [0.29, 0.717) is 6.54 Å². The summed E-state index contributed by atoms with van der Waals surface area (Å²) in [5.41, 5.74) is 3.55. The minimum atomic E-state index is -0.0801. The summed E-state index contributed by atoms with van der Waals surface area (Å²) < 4.78 is 5.68. The van der Waals surface area contributed by atoms with Gasteiger partial charge in [0.25, 0.3) is 5.91 Å². The molecule has 1 aliphatic heterocycles. The van der Waals surface area contributed by atoms with Crippen LogP contribution in [0.15, 0.2) is 35.0 Å². The highest BCUT2D eigenvalue weighted by molar-refractivity contribution is 7.07. The molecular formula is C21H29N3O2S. The Kier molecular flexibility index (Phi) is 6.88. The number of hydrogen-bond donors (Lipinski definition) is 1. The number of likely N-dealkylation sites (N-methyl/N-ethyl adjacent to an activating group) is 1. The molecule has 27 heavy (non-hydrogen) atoms. The maximum Gasteiger partial charge on any atom is 0.258 e. The molecule has 0 saturated carbocycles. The van der Waals surface area contributed by atoms with E-state index in [1.807, 2.05) is 26.0 Å². The van der Waals surface area contributed by atoms with E-state index >= 15 is 0 Å². The molecular weight excluding hydrogens is 358 g/mol. The van der Waals surface area contributed by atoms with Crippen molar-refractivity contribution >= 4 is 17.2 Å². The number of aryl methyl sites for hydroxylation is 2. The number of carbonyl (C=O) groups excluding carboxylic acids is 1. The summed E-state index contributed by atoms with van der Waals surface area (Å²) in [5, 5.41) is 7.35. The van der Waals surface area contributed by atoms with Crippen molar-refractivity contribution in [3.8, 4) is 5.75 Å². The van der Waals surface area contributed by atoms with E-state index in [4.69, 9.17) is 4.74 Å². The first-order chi connectivity index (χ1) is 13.0. The van der Waals surface area contributed by atoms with Gasteiger partial charge in [-0.2, -0.15) is 11.3 Å². The van der Waals surface area contributed by atoms with Gasteiger partial charge in [0.15, 0.2) is 6.61 Å². The van der Waals surface area contributed by atoms with E-state index < -0.39 is 0 Å². The van der Waals surface area contributed by atoms with Crippen LogP contribution in [0.4, 0.5) is 0 Å². The van der Waals surface area contributed by atoms with Crippen LogP contribution >= 0.6 is 11.3 Å². The third kappa shape index (κ3) is 5.79. The second kappa shape index (κ2) is 9.35. The van der Waals surface area contributed by atoms with E-state index in [0.717, 1.165) is 43.1 Å². The van der Waals surface area contributed by atoms with Crippen LogP contribution in [0, 0.1) is 13.8 Å². The van der Waals surface area contributed by atoms with Crippen molar-refractivity contribution in [3.63, 3.8) is 0 Å². The molecule has 0 bridgehead atoms. The SMILES string of the molecule is Cc1cc(C)cc(OCC(=O)NCC(c2ccsc2)N2CCN(C)CC2)c1. The summed E-state index contributed by atoms with van der Waals surface area (Å²) in [6.45, 7) is 8.87. The lowest BCUT2D eigenvalue weighted by Crippen LogP contribution is -2.48. The van der Waals surface area contributed by atoms with Crippen molar-refractivity contribution in [1.29, 1.82) is 0 Å². The van der Waals surface area contributed by atoms with Gasteiger partial charge in [0.05, 0.1) is 6.04 Å². The lowest BCUT2D eigenvalue weighted by Gasteiger charge is -2.38. The minimum Gasteiger partial charge on any atom is -0.484 e. The van der Waals surface area contributed by atoms with Crippen LogP contribution in [0.2, 0.25) is 0 Å². The number of nitrogens with one attached hydrogen (secondary N) is 1. The van der Waals surface area contributed by atoms with Crippen LogP contribution in [0.3, 0.4) is 0 Å². The molecule has 1 saturated heterocycles. The van der Waals surface area contributed by atoms with Crippen molar-refractivity contribution in [3.05, 3.63) is 51.7 Å². The molecule has 3 rings (SSSR count). The zero-order valence-corrected chi connectivity index (χ0v) is 17.2. The lowest BCUT2D eigenvalue weighted by molar-refractivity contribution is -0.123. The van der Waals surface area contributed by atoms with Gasteiger partial charge in [-0.05, 0) is 66.5 Å². The Morgan fingerprint density at radius 2 is 1.89 bits per heavy atom. The first kappa shape index (κ1) is 19.9.